The van der Waals surface area contributed by atoms with Crippen LogP contribution in [0.4, 0.5) is 0 Å². The SMILES string of the molecule is NCCC[C@@H](N)C(=O)OC(=O)CC(O)(CC(=O)OC(=O)[C@H](N)CCCN)C(=O)O. The molecule has 0 saturated carbocycles. The predicted octanol–water partition coefficient (Wildman–Crippen LogP) is -3.15. The first kappa shape index (κ1) is 26.6. The van der Waals surface area contributed by atoms with Gasteiger partial charge in [-0.2, -0.15) is 0 Å². The molecule has 0 radical (unpaired) electrons. The summed E-state index contributed by atoms with van der Waals surface area (Å²) in [4.78, 5) is 58.2. The molecule has 0 heterocycles. The van der Waals surface area contributed by atoms with Gasteiger partial charge < -0.3 is 42.6 Å². The molecule has 0 aliphatic heterocycles. The molecule has 2 atom stereocenters. The lowest BCUT2D eigenvalue weighted by Crippen LogP contribution is -2.45. The van der Waals surface area contributed by atoms with E-state index in [1.165, 1.54) is 0 Å². The number of carboxylic acids is 1. The number of aliphatic hydroxyl groups is 1. The van der Waals surface area contributed by atoms with E-state index in [0.29, 0.717) is 12.8 Å². The van der Waals surface area contributed by atoms with E-state index < -0.39 is 60.4 Å². The number of hydrogen-bond acceptors (Lipinski definition) is 12. The van der Waals surface area contributed by atoms with Gasteiger partial charge in [0.1, 0.15) is 12.1 Å². The summed E-state index contributed by atoms with van der Waals surface area (Å²) in [6, 6.07) is -2.34. The number of carbonyl (C=O) groups excluding carboxylic acids is 4. The summed E-state index contributed by atoms with van der Waals surface area (Å²) in [7, 11) is 0. The van der Waals surface area contributed by atoms with Crippen LogP contribution in [0.25, 0.3) is 0 Å². The van der Waals surface area contributed by atoms with Gasteiger partial charge >= 0.3 is 29.8 Å². The summed E-state index contributed by atoms with van der Waals surface area (Å²) < 4.78 is 8.76. The van der Waals surface area contributed by atoms with E-state index in [9.17, 15) is 29.1 Å². The molecule has 0 spiro atoms. The monoisotopic (exact) mass is 420 g/mol. The van der Waals surface area contributed by atoms with Gasteiger partial charge in [-0.1, -0.05) is 0 Å². The van der Waals surface area contributed by atoms with Gasteiger partial charge in [0.2, 0.25) is 0 Å². The van der Waals surface area contributed by atoms with E-state index in [0.717, 1.165) is 0 Å². The van der Waals surface area contributed by atoms with Crippen molar-refractivity contribution < 1.29 is 43.7 Å². The minimum absolute atomic E-state index is 0.130. The molecular weight excluding hydrogens is 392 g/mol. The van der Waals surface area contributed by atoms with Crippen molar-refractivity contribution in [3.05, 3.63) is 0 Å². The Bertz CT molecular complexity index is 569. The summed E-state index contributed by atoms with van der Waals surface area (Å²) in [6.07, 6.45) is -1.50. The summed E-state index contributed by atoms with van der Waals surface area (Å²) in [5.74, 6) is -7.10. The van der Waals surface area contributed by atoms with E-state index in [-0.39, 0.29) is 25.9 Å². The molecule has 0 amide bonds. The molecule has 13 nitrogen and oxygen atoms in total. The lowest BCUT2D eigenvalue weighted by molar-refractivity contribution is -0.177. The molecule has 0 aliphatic carbocycles. The van der Waals surface area contributed by atoms with E-state index in [4.69, 9.17) is 28.0 Å². The van der Waals surface area contributed by atoms with E-state index in [1.54, 1.807) is 0 Å². The number of carboxylic acid groups (broad SMARTS) is 1. The highest BCUT2D eigenvalue weighted by atomic mass is 16.6. The first-order valence-corrected chi connectivity index (χ1v) is 8.83. The second-order valence-corrected chi connectivity index (χ2v) is 6.35. The molecule has 0 rings (SSSR count). The van der Waals surface area contributed by atoms with Crippen LogP contribution < -0.4 is 22.9 Å². The summed E-state index contributed by atoms with van der Waals surface area (Å²) in [6.45, 7) is 0.509. The Hall–Kier alpha value is -2.45. The lowest BCUT2D eigenvalue weighted by Gasteiger charge is -2.21. The average molecular weight is 420 g/mol. The van der Waals surface area contributed by atoms with Crippen molar-refractivity contribution in [3.63, 3.8) is 0 Å². The molecule has 29 heavy (non-hydrogen) atoms. The summed E-state index contributed by atoms with van der Waals surface area (Å²) in [5, 5.41) is 19.2. The van der Waals surface area contributed by atoms with Crippen molar-refractivity contribution in [2.45, 2.75) is 56.2 Å². The van der Waals surface area contributed by atoms with Crippen molar-refractivity contribution in [3.8, 4) is 0 Å². The molecule has 13 heteroatoms. The molecular formula is C16H28N4O9. The van der Waals surface area contributed by atoms with Crippen molar-refractivity contribution in [2.24, 2.45) is 22.9 Å². The Labute approximate surface area is 166 Å². The highest BCUT2D eigenvalue weighted by Gasteiger charge is 2.43. The number of aliphatic carboxylic acids is 1. The molecule has 0 fully saturated rings. The quantitative estimate of drug-likeness (QED) is 0.127. The Balaban J connectivity index is 4.85. The molecule has 0 saturated heterocycles. The maximum absolute atomic E-state index is 11.8. The van der Waals surface area contributed by atoms with Crippen LogP contribution in [-0.4, -0.2) is 70.8 Å². The van der Waals surface area contributed by atoms with Crippen LogP contribution in [0, 0.1) is 0 Å². The van der Waals surface area contributed by atoms with Gasteiger partial charge in [-0.25, -0.2) is 14.4 Å². The van der Waals surface area contributed by atoms with Crippen LogP contribution in [0.3, 0.4) is 0 Å². The normalized spacial score (nSPS) is 13.3. The lowest BCUT2D eigenvalue weighted by atomic mass is 9.96. The Morgan fingerprint density at radius 3 is 1.41 bits per heavy atom. The van der Waals surface area contributed by atoms with Crippen LogP contribution in [0.15, 0.2) is 0 Å². The topological polar surface area (TPSA) is 248 Å². The molecule has 0 aromatic heterocycles. The van der Waals surface area contributed by atoms with E-state index in [1.807, 2.05) is 0 Å². The van der Waals surface area contributed by atoms with E-state index in [2.05, 4.69) is 9.47 Å². The predicted molar refractivity (Wildman–Crippen MR) is 96.5 cm³/mol. The molecule has 0 bridgehead atoms. The number of esters is 4. The largest absolute Gasteiger partial charge is 0.479 e. The van der Waals surface area contributed by atoms with Gasteiger partial charge in [0.15, 0.2) is 5.60 Å². The molecule has 0 aliphatic rings. The number of nitrogens with two attached hydrogens (primary N) is 4. The van der Waals surface area contributed by atoms with Crippen LogP contribution in [0.2, 0.25) is 0 Å². The van der Waals surface area contributed by atoms with Crippen LogP contribution >= 0.6 is 0 Å². The van der Waals surface area contributed by atoms with Crippen LogP contribution in [-0.2, 0) is 33.4 Å². The zero-order valence-corrected chi connectivity index (χ0v) is 15.9. The second-order valence-electron chi connectivity index (χ2n) is 6.35. The number of hydrogen-bond donors (Lipinski definition) is 6. The molecule has 10 N–H and O–H groups in total. The van der Waals surface area contributed by atoms with Crippen molar-refractivity contribution in [1.82, 2.24) is 0 Å². The molecule has 0 aromatic rings. The minimum Gasteiger partial charge on any atom is -0.479 e. The molecule has 0 unspecified atom stereocenters. The van der Waals surface area contributed by atoms with Gasteiger partial charge in [-0.05, 0) is 38.8 Å². The number of carbonyl (C=O) groups is 5. The first-order chi connectivity index (χ1) is 13.5. The molecule has 0 aromatic carbocycles. The summed E-state index contributed by atoms with van der Waals surface area (Å²) in [5.41, 5.74) is 18.5. The van der Waals surface area contributed by atoms with Crippen molar-refractivity contribution >= 4 is 29.8 Å². The van der Waals surface area contributed by atoms with Crippen LogP contribution in [0.1, 0.15) is 38.5 Å². The fourth-order valence-electron chi connectivity index (χ4n) is 2.05. The van der Waals surface area contributed by atoms with Crippen molar-refractivity contribution in [2.75, 3.05) is 13.1 Å². The van der Waals surface area contributed by atoms with Gasteiger partial charge in [0.05, 0.1) is 12.8 Å². The smallest absolute Gasteiger partial charge is 0.336 e. The Morgan fingerprint density at radius 1 is 0.793 bits per heavy atom. The summed E-state index contributed by atoms with van der Waals surface area (Å²) >= 11 is 0. The fraction of sp³-hybridized carbons (Fsp3) is 0.688. The average Bonchev–Trinajstić information content (AvgIpc) is 2.63. The van der Waals surface area contributed by atoms with Crippen molar-refractivity contribution in [1.29, 1.82) is 0 Å². The first-order valence-electron chi connectivity index (χ1n) is 8.83. The number of ether oxygens (including phenoxy) is 2. The number of rotatable bonds is 13. The van der Waals surface area contributed by atoms with Crippen LogP contribution in [0.5, 0.6) is 0 Å². The Kier molecular flexibility index (Phi) is 11.8. The third kappa shape index (κ3) is 10.0. The van der Waals surface area contributed by atoms with Gasteiger partial charge in [0, 0.05) is 0 Å². The third-order valence-corrected chi connectivity index (χ3v) is 3.74. The highest BCUT2D eigenvalue weighted by molar-refractivity contribution is 5.95. The van der Waals surface area contributed by atoms with Gasteiger partial charge in [-0.15, -0.1) is 0 Å². The third-order valence-electron chi connectivity index (χ3n) is 3.74. The second kappa shape index (κ2) is 12.9. The van der Waals surface area contributed by atoms with Gasteiger partial charge in [0.25, 0.3) is 0 Å². The van der Waals surface area contributed by atoms with E-state index >= 15 is 0 Å². The Morgan fingerprint density at radius 2 is 1.14 bits per heavy atom. The molecule has 166 valence electrons. The maximum Gasteiger partial charge on any atom is 0.336 e. The van der Waals surface area contributed by atoms with Gasteiger partial charge in [-0.3, -0.25) is 9.59 Å². The fourth-order valence-corrected chi connectivity index (χ4v) is 2.05. The zero-order chi connectivity index (χ0) is 22.6. The minimum atomic E-state index is -2.97. The highest BCUT2D eigenvalue weighted by Crippen LogP contribution is 2.18. The zero-order valence-electron chi connectivity index (χ0n) is 15.9. The standard InChI is InChI=1S/C16H28N4O9/c17-5-1-3-9(19)13(23)28-11(21)7-16(27,15(25)26)8-12(22)29-14(24)10(20)4-2-6-18/h9-10,27H,1-8,17-20H2,(H,25,26)/t9-,10-/m1/s1. The maximum atomic E-state index is 11.8.